The molecular formula is C18H22N2O5S. The molecule has 8 heteroatoms. The summed E-state index contributed by atoms with van der Waals surface area (Å²) in [6.45, 7) is 3.64. The molecule has 2 rings (SSSR count). The number of carbonyl (C=O) groups excluding carboxylic acids is 1. The Balaban J connectivity index is 2.03. The molecule has 0 saturated heterocycles. The summed E-state index contributed by atoms with van der Waals surface area (Å²) >= 11 is 0. The minimum absolute atomic E-state index is 0.0679. The van der Waals surface area contributed by atoms with Crippen LogP contribution in [0.2, 0.25) is 0 Å². The van der Waals surface area contributed by atoms with Crippen molar-refractivity contribution in [1.29, 1.82) is 0 Å². The molecule has 1 amide bonds. The number of benzene rings is 2. The first-order chi connectivity index (χ1) is 12.4. The van der Waals surface area contributed by atoms with Crippen molar-refractivity contribution in [2.45, 2.75) is 18.7 Å². The fraction of sp³-hybridized carbons (Fsp3) is 0.278. The summed E-state index contributed by atoms with van der Waals surface area (Å²) in [5.74, 6) is 0.622. The van der Waals surface area contributed by atoms with Gasteiger partial charge in [-0.25, -0.2) is 13.1 Å². The predicted octanol–water partition coefficient (Wildman–Crippen LogP) is 2.32. The van der Waals surface area contributed by atoms with E-state index in [1.165, 1.54) is 19.2 Å². The zero-order chi connectivity index (χ0) is 19.2. The Kier molecular flexibility index (Phi) is 6.59. The number of para-hydroxylation sites is 2. The van der Waals surface area contributed by atoms with E-state index < -0.39 is 22.5 Å². The van der Waals surface area contributed by atoms with E-state index in [1.807, 2.05) is 6.92 Å². The van der Waals surface area contributed by atoms with Gasteiger partial charge in [0.15, 0.2) is 0 Å². The molecule has 0 radical (unpaired) electrons. The van der Waals surface area contributed by atoms with Gasteiger partial charge in [-0.1, -0.05) is 12.1 Å². The van der Waals surface area contributed by atoms with Gasteiger partial charge in [-0.3, -0.25) is 4.79 Å². The molecule has 2 N–H and O–H groups in total. The lowest BCUT2D eigenvalue weighted by molar-refractivity contribution is -0.115. The van der Waals surface area contributed by atoms with Crippen molar-refractivity contribution < 1.29 is 22.7 Å². The van der Waals surface area contributed by atoms with E-state index in [1.54, 1.807) is 37.3 Å². The van der Waals surface area contributed by atoms with Crippen molar-refractivity contribution in [3.63, 3.8) is 0 Å². The fourth-order valence-corrected chi connectivity index (χ4v) is 3.37. The number of ether oxygens (including phenoxy) is 2. The molecule has 0 aliphatic carbocycles. The first-order valence-corrected chi connectivity index (χ1v) is 9.51. The quantitative estimate of drug-likeness (QED) is 0.735. The summed E-state index contributed by atoms with van der Waals surface area (Å²) in [4.78, 5) is 12.2. The summed E-state index contributed by atoms with van der Waals surface area (Å²) in [7, 11) is -2.30. The Labute approximate surface area is 153 Å². The Morgan fingerprint density at radius 2 is 1.85 bits per heavy atom. The second kappa shape index (κ2) is 8.68. The molecule has 2 aromatic rings. The second-order valence-electron chi connectivity index (χ2n) is 5.43. The molecule has 0 saturated carbocycles. The number of rotatable bonds is 8. The van der Waals surface area contributed by atoms with Crippen LogP contribution in [-0.4, -0.2) is 34.6 Å². The maximum Gasteiger partial charge on any atom is 0.241 e. The standard InChI is InChI=1S/C18H22N2O5S/c1-4-25-17-8-6-5-7-15(17)20-18(21)12-19-26(22,23)14-9-10-16(24-3)13(2)11-14/h5-11,19H,4,12H2,1-3H3,(H,20,21). The third kappa shape index (κ3) is 4.96. The molecule has 140 valence electrons. The van der Waals surface area contributed by atoms with Crippen LogP contribution in [-0.2, 0) is 14.8 Å². The molecule has 0 bridgehead atoms. The third-order valence-corrected chi connectivity index (χ3v) is 4.96. The molecule has 0 aliphatic rings. The molecule has 0 spiro atoms. The SMILES string of the molecule is CCOc1ccccc1NC(=O)CNS(=O)(=O)c1ccc(OC)c(C)c1. The van der Waals surface area contributed by atoms with Crippen LogP contribution in [0.1, 0.15) is 12.5 Å². The van der Waals surface area contributed by atoms with Crippen LogP contribution in [0.4, 0.5) is 5.69 Å². The number of carbonyl (C=O) groups is 1. The van der Waals surface area contributed by atoms with Crippen molar-refractivity contribution in [1.82, 2.24) is 4.72 Å². The topological polar surface area (TPSA) is 93.7 Å². The van der Waals surface area contributed by atoms with Gasteiger partial charge in [0.25, 0.3) is 0 Å². The van der Waals surface area contributed by atoms with E-state index in [2.05, 4.69) is 10.0 Å². The molecule has 26 heavy (non-hydrogen) atoms. The van der Waals surface area contributed by atoms with Crippen molar-refractivity contribution in [2.75, 3.05) is 25.6 Å². The molecule has 7 nitrogen and oxygen atoms in total. The van der Waals surface area contributed by atoms with Crippen molar-refractivity contribution in [3.8, 4) is 11.5 Å². The summed E-state index contributed by atoms with van der Waals surface area (Å²) in [5.41, 5.74) is 1.17. The largest absolute Gasteiger partial charge is 0.496 e. The Hall–Kier alpha value is -2.58. The van der Waals surface area contributed by atoms with Gasteiger partial charge in [-0.15, -0.1) is 0 Å². The van der Waals surface area contributed by atoms with Gasteiger partial charge >= 0.3 is 0 Å². The highest BCUT2D eigenvalue weighted by Crippen LogP contribution is 2.24. The molecule has 0 fully saturated rings. The summed E-state index contributed by atoms with van der Waals surface area (Å²) in [5, 5.41) is 2.64. The molecule has 2 aromatic carbocycles. The Bertz CT molecular complexity index is 881. The van der Waals surface area contributed by atoms with E-state index in [-0.39, 0.29) is 4.90 Å². The van der Waals surface area contributed by atoms with Crippen LogP contribution in [0.15, 0.2) is 47.4 Å². The fourth-order valence-electron chi connectivity index (χ4n) is 2.31. The highest BCUT2D eigenvalue weighted by molar-refractivity contribution is 7.89. The molecule has 0 aromatic heterocycles. The second-order valence-corrected chi connectivity index (χ2v) is 7.20. The van der Waals surface area contributed by atoms with Gasteiger partial charge < -0.3 is 14.8 Å². The van der Waals surface area contributed by atoms with E-state index in [0.29, 0.717) is 29.4 Å². The highest BCUT2D eigenvalue weighted by atomic mass is 32.2. The van der Waals surface area contributed by atoms with Crippen LogP contribution < -0.4 is 19.5 Å². The number of anilines is 1. The number of nitrogens with one attached hydrogen (secondary N) is 2. The maximum atomic E-state index is 12.4. The van der Waals surface area contributed by atoms with Crippen molar-refractivity contribution >= 4 is 21.6 Å². The van der Waals surface area contributed by atoms with Gasteiger partial charge in [0.2, 0.25) is 15.9 Å². The molecule has 0 aliphatic heterocycles. The van der Waals surface area contributed by atoms with Crippen LogP contribution in [0.25, 0.3) is 0 Å². The van der Waals surface area contributed by atoms with Gasteiger partial charge in [0.05, 0.1) is 30.8 Å². The average Bonchev–Trinajstić information content (AvgIpc) is 2.62. The normalized spacial score (nSPS) is 11.0. The molecule has 0 atom stereocenters. The monoisotopic (exact) mass is 378 g/mol. The number of hydrogen-bond acceptors (Lipinski definition) is 5. The number of hydrogen-bond donors (Lipinski definition) is 2. The van der Waals surface area contributed by atoms with Crippen LogP contribution in [0, 0.1) is 6.92 Å². The van der Waals surface area contributed by atoms with Crippen LogP contribution in [0.5, 0.6) is 11.5 Å². The zero-order valence-corrected chi connectivity index (χ0v) is 15.7. The van der Waals surface area contributed by atoms with E-state index >= 15 is 0 Å². The van der Waals surface area contributed by atoms with E-state index in [0.717, 1.165) is 0 Å². The highest BCUT2D eigenvalue weighted by Gasteiger charge is 2.17. The van der Waals surface area contributed by atoms with Crippen molar-refractivity contribution in [2.24, 2.45) is 0 Å². The number of amides is 1. The minimum atomic E-state index is -3.81. The lowest BCUT2D eigenvalue weighted by Crippen LogP contribution is -2.33. The van der Waals surface area contributed by atoms with Crippen molar-refractivity contribution in [3.05, 3.63) is 48.0 Å². The van der Waals surface area contributed by atoms with Gasteiger partial charge in [0, 0.05) is 0 Å². The van der Waals surface area contributed by atoms with Gasteiger partial charge in [0.1, 0.15) is 11.5 Å². The molecular weight excluding hydrogens is 356 g/mol. The summed E-state index contributed by atoms with van der Waals surface area (Å²) in [6.07, 6.45) is 0. The maximum absolute atomic E-state index is 12.4. The molecule has 0 unspecified atom stereocenters. The van der Waals surface area contributed by atoms with Crippen LogP contribution in [0.3, 0.4) is 0 Å². The van der Waals surface area contributed by atoms with E-state index in [4.69, 9.17) is 9.47 Å². The number of methoxy groups -OCH3 is 1. The van der Waals surface area contributed by atoms with E-state index in [9.17, 15) is 13.2 Å². The van der Waals surface area contributed by atoms with Gasteiger partial charge in [-0.05, 0) is 49.7 Å². The zero-order valence-electron chi connectivity index (χ0n) is 14.9. The molecule has 0 heterocycles. The average molecular weight is 378 g/mol. The first-order valence-electron chi connectivity index (χ1n) is 8.03. The summed E-state index contributed by atoms with van der Waals surface area (Å²) in [6, 6.07) is 11.4. The lowest BCUT2D eigenvalue weighted by atomic mass is 10.2. The number of aryl methyl sites for hydroxylation is 1. The van der Waals surface area contributed by atoms with Gasteiger partial charge in [-0.2, -0.15) is 0 Å². The number of sulfonamides is 1. The Morgan fingerprint density at radius 1 is 1.12 bits per heavy atom. The predicted molar refractivity (Wildman–Crippen MR) is 99.2 cm³/mol. The summed E-state index contributed by atoms with van der Waals surface area (Å²) < 4.78 is 37.5. The minimum Gasteiger partial charge on any atom is -0.496 e. The smallest absolute Gasteiger partial charge is 0.241 e. The lowest BCUT2D eigenvalue weighted by Gasteiger charge is -2.12. The van der Waals surface area contributed by atoms with Crippen LogP contribution >= 0.6 is 0 Å². The third-order valence-electron chi connectivity index (χ3n) is 3.56. The Morgan fingerprint density at radius 3 is 2.50 bits per heavy atom. The first kappa shape index (κ1) is 19.7.